The Morgan fingerprint density at radius 2 is 2.13 bits per heavy atom. The first-order valence-electron chi connectivity index (χ1n) is 8.54. The number of hydrogen-bond donors (Lipinski definition) is 1. The summed E-state index contributed by atoms with van der Waals surface area (Å²) in [5.74, 6) is 1.05. The van der Waals surface area contributed by atoms with Crippen LogP contribution in [-0.4, -0.2) is 9.97 Å². The summed E-state index contributed by atoms with van der Waals surface area (Å²) in [4.78, 5) is 8.03. The number of nitrogens with zero attached hydrogens (tertiary/aromatic N) is 1. The Bertz CT molecular complexity index is 793. The van der Waals surface area contributed by atoms with Gasteiger partial charge in [0.05, 0.1) is 5.41 Å². The van der Waals surface area contributed by atoms with Gasteiger partial charge in [0, 0.05) is 12.4 Å². The molecule has 1 N–H and O–H groups in total. The van der Waals surface area contributed by atoms with E-state index in [1.807, 2.05) is 12.4 Å². The van der Waals surface area contributed by atoms with Crippen LogP contribution < -0.4 is 0 Å². The van der Waals surface area contributed by atoms with Crippen molar-refractivity contribution < 1.29 is 0 Å². The van der Waals surface area contributed by atoms with Gasteiger partial charge in [0.1, 0.15) is 5.82 Å². The molecule has 1 heterocycles. The highest BCUT2D eigenvalue weighted by Gasteiger charge is 2.37. The van der Waals surface area contributed by atoms with Crippen molar-refractivity contribution >= 4 is 5.57 Å². The van der Waals surface area contributed by atoms with Crippen molar-refractivity contribution in [1.29, 1.82) is 0 Å². The molecular weight excluding hydrogens is 280 g/mol. The standard InChI is InChI=1S/C21H22N2/c1-2-12-21(20-22-14-15-23-20)13-11-16-7-3-4-8-17(16)18-9-5-6-10-19(18)21/h3,5-7,9-11,13-15H,2,4,8,12H2,1H3,(H,22,23). The zero-order chi connectivity index (χ0) is 15.7. The molecule has 1 aromatic carbocycles. The maximum Gasteiger partial charge on any atom is 0.120 e. The highest BCUT2D eigenvalue weighted by Crippen LogP contribution is 2.45. The monoisotopic (exact) mass is 302 g/mol. The van der Waals surface area contributed by atoms with Gasteiger partial charge in [0.25, 0.3) is 0 Å². The van der Waals surface area contributed by atoms with E-state index in [0.29, 0.717) is 0 Å². The van der Waals surface area contributed by atoms with Crippen molar-refractivity contribution in [3.63, 3.8) is 0 Å². The fourth-order valence-corrected chi connectivity index (χ4v) is 4.03. The number of benzene rings is 1. The Morgan fingerprint density at radius 1 is 1.22 bits per heavy atom. The number of nitrogens with one attached hydrogen (secondary N) is 1. The van der Waals surface area contributed by atoms with Crippen molar-refractivity contribution in [1.82, 2.24) is 9.97 Å². The third kappa shape index (κ3) is 2.21. The summed E-state index contributed by atoms with van der Waals surface area (Å²) in [5.41, 5.74) is 5.44. The molecule has 2 nitrogen and oxygen atoms in total. The topological polar surface area (TPSA) is 28.7 Å². The average Bonchev–Trinajstić information content (AvgIpc) is 3.10. The molecule has 2 aromatic rings. The van der Waals surface area contributed by atoms with Gasteiger partial charge >= 0.3 is 0 Å². The summed E-state index contributed by atoms with van der Waals surface area (Å²) in [5, 5.41) is 0. The molecule has 116 valence electrons. The molecule has 2 aliphatic rings. The summed E-state index contributed by atoms with van der Waals surface area (Å²) in [7, 11) is 0. The second-order valence-corrected chi connectivity index (χ2v) is 6.41. The molecule has 2 heteroatoms. The van der Waals surface area contributed by atoms with Crippen LogP contribution in [0.5, 0.6) is 0 Å². The Labute approximate surface area is 137 Å². The largest absolute Gasteiger partial charge is 0.348 e. The number of H-pyrrole nitrogens is 1. The first-order chi connectivity index (χ1) is 11.3. The van der Waals surface area contributed by atoms with Crippen LogP contribution in [-0.2, 0) is 5.41 Å². The van der Waals surface area contributed by atoms with Crippen molar-refractivity contribution in [2.75, 3.05) is 0 Å². The van der Waals surface area contributed by atoms with Crippen molar-refractivity contribution in [3.05, 3.63) is 83.5 Å². The first kappa shape index (κ1) is 14.3. The van der Waals surface area contributed by atoms with Crippen LogP contribution in [0.25, 0.3) is 5.57 Å². The van der Waals surface area contributed by atoms with Crippen LogP contribution in [0.3, 0.4) is 0 Å². The van der Waals surface area contributed by atoms with E-state index >= 15 is 0 Å². The van der Waals surface area contributed by atoms with Crippen LogP contribution in [0.15, 0.2) is 66.5 Å². The minimum Gasteiger partial charge on any atom is -0.348 e. The Morgan fingerprint density at radius 3 is 2.96 bits per heavy atom. The molecule has 0 radical (unpaired) electrons. The number of hydrogen-bond acceptors (Lipinski definition) is 1. The molecule has 0 aliphatic heterocycles. The number of allylic oxidation sites excluding steroid dienone is 6. The Hall–Kier alpha value is -2.35. The third-order valence-corrected chi connectivity index (χ3v) is 5.05. The van der Waals surface area contributed by atoms with Gasteiger partial charge in [-0.15, -0.1) is 0 Å². The van der Waals surface area contributed by atoms with Gasteiger partial charge in [0.2, 0.25) is 0 Å². The minimum atomic E-state index is -0.167. The predicted molar refractivity (Wildman–Crippen MR) is 95.2 cm³/mol. The van der Waals surface area contributed by atoms with Crippen LogP contribution >= 0.6 is 0 Å². The lowest BCUT2D eigenvalue weighted by Gasteiger charge is -2.31. The number of rotatable bonds is 3. The summed E-state index contributed by atoms with van der Waals surface area (Å²) in [6, 6.07) is 8.88. The Kier molecular flexibility index (Phi) is 3.53. The molecule has 1 unspecified atom stereocenters. The SMILES string of the molecule is CCCC1(c2ncc[nH]2)C=CC2=C(CCC=C2)c2ccccc21. The van der Waals surface area contributed by atoms with Crippen LogP contribution in [0.1, 0.15) is 49.6 Å². The normalized spacial score (nSPS) is 22.7. The van der Waals surface area contributed by atoms with Crippen LogP contribution in [0, 0.1) is 0 Å². The third-order valence-electron chi connectivity index (χ3n) is 5.05. The van der Waals surface area contributed by atoms with Crippen molar-refractivity contribution in [2.24, 2.45) is 0 Å². The fraction of sp³-hybridized carbons (Fsp3) is 0.286. The smallest absolute Gasteiger partial charge is 0.120 e. The zero-order valence-corrected chi connectivity index (χ0v) is 13.5. The number of imidazole rings is 1. The average molecular weight is 302 g/mol. The van der Waals surface area contributed by atoms with E-state index < -0.39 is 0 Å². The van der Waals surface area contributed by atoms with Gasteiger partial charge in [-0.05, 0) is 41.5 Å². The van der Waals surface area contributed by atoms with Gasteiger partial charge in [-0.2, -0.15) is 0 Å². The van der Waals surface area contributed by atoms with E-state index in [2.05, 4.69) is 65.5 Å². The molecule has 23 heavy (non-hydrogen) atoms. The summed E-state index contributed by atoms with van der Waals surface area (Å²) >= 11 is 0. The lowest BCUT2D eigenvalue weighted by Crippen LogP contribution is -2.27. The van der Waals surface area contributed by atoms with Gasteiger partial charge in [-0.1, -0.05) is 61.9 Å². The fourth-order valence-electron chi connectivity index (χ4n) is 4.03. The molecular formula is C21H22N2. The second-order valence-electron chi connectivity index (χ2n) is 6.41. The molecule has 4 rings (SSSR count). The first-order valence-corrected chi connectivity index (χ1v) is 8.54. The molecule has 1 atom stereocenters. The predicted octanol–water partition coefficient (Wildman–Crippen LogP) is 5.17. The van der Waals surface area contributed by atoms with E-state index in [4.69, 9.17) is 0 Å². The number of fused-ring (bicyclic) bond motifs is 2. The highest BCUT2D eigenvalue weighted by atomic mass is 14.9. The molecule has 0 fully saturated rings. The molecule has 1 aromatic heterocycles. The zero-order valence-electron chi connectivity index (χ0n) is 13.5. The van der Waals surface area contributed by atoms with E-state index in [0.717, 1.165) is 31.5 Å². The molecule has 2 aliphatic carbocycles. The molecule has 0 saturated carbocycles. The lowest BCUT2D eigenvalue weighted by atomic mass is 9.73. The van der Waals surface area contributed by atoms with E-state index in [-0.39, 0.29) is 5.41 Å². The van der Waals surface area contributed by atoms with E-state index in [1.165, 1.54) is 22.3 Å². The Balaban J connectivity index is 2.01. The van der Waals surface area contributed by atoms with Gasteiger partial charge in [0.15, 0.2) is 0 Å². The van der Waals surface area contributed by atoms with E-state index in [9.17, 15) is 0 Å². The van der Waals surface area contributed by atoms with Crippen LogP contribution in [0.2, 0.25) is 0 Å². The van der Waals surface area contributed by atoms with Crippen LogP contribution in [0.4, 0.5) is 0 Å². The molecule has 0 saturated heterocycles. The van der Waals surface area contributed by atoms with Gasteiger partial charge in [-0.3, -0.25) is 0 Å². The van der Waals surface area contributed by atoms with Crippen molar-refractivity contribution in [2.45, 2.75) is 38.0 Å². The second kappa shape index (κ2) is 5.69. The maximum atomic E-state index is 4.65. The quantitative estimate of drug-likeness (QED) is 0.832. The molecule has 0 bridgehead atoms. The molecule has 0 amide bonds. The van der Waals surface area contributed by atoms with Crippen molar-refractivity contribution in [3.8, 4) is 0 Å². The van der Waals surface area contributed by atoms with Gasteiger partial charge in [-0.25, -0.2) is 4.98 Å². The maximum absolute atomic E-state index is 4.65. The molecule has 0 spiro atoms. The number of aromatic amines is 1. The summed E-state index contributed by atoms with van der Waals surface area (Å²) in [6.45, 7) is 2.25. The minimum absolute atomic E-state index is 0.167. The number of aromatic nitrogens is 2. The lowest BCUT2D eigenvalue weighted by molar-refractivity contribution is 0.540. The summed E-state index contributed by atoms with van der Waals surface area (Å²) < 4.78 is 0. The van der Waals surface area contributed by atoms with E-state index in [1.54, 1.807) is 0 Å². The van der Waals surface area contributed by atoms with Gasteiger partial charge < -0.3 is 4.98 Å². The highest BCUT2D eigenvalue weighted by molar-refractivity contribution is 5.79. The summed E-state index contributed by atoms with van der Waals surface area (Å²) in [6.07, 6.45) is 17.4.